The molecule has 1 amide bonds. The van der Waals surface area contributed by atoms with Gasteiger partial charge in [0.1, 0.15) is 34.7 Å². The van der Waals surface area contributed by atoms with E-state index in [1.807, 2.05) is 36.6 Å². The molecule has 4 heterocycles. The molecular formula is C24H26N8O. The van der Waals surface area contributed by atoms with Crippen molar-refractivity contribution in [2.24, 2.45) is 0 Å². The fraction of sp³-hybridized carbons (Fsp3) is 0.333. The van der Waals surface area contributed by atoms with Gasteiger partial charge in [0.2, 0.25) is 5.91 Å². The Kier molecular flexibility index (Phi) is 5.13. The fourth-order valence-corrected chi connectivity index (χ4v) is 4.31. The molecule has 9 heteroatoms. The number of fused-ring (bicyclic) bond motifs is 2. The number of hydrogen-bond donors (Lipinski definition) is 2. The molecule has 1 atom stereocenters. The van der Waals surface area contributed by atoms with E-state index in [0.717, 1.165) is 52.5 Å². The van der Waals surface area contributed by atoms with E-state index in [1.165, 1.54) is 0 Å². The van der Waals surface area contributed by atoms with Crippen LogP contribution in [-0.4, -0.2) is 41.9 Å². The Labute approximate surface area is 191 Å². The molecule has 5 rings (SSSR count). The second-order valence-electron chi connectivity index (χ2n) is 8.36. The minimum absolute atomic E-state index is 0.0483. The molecule has 33 heavy (non-hydrogen) atoms. The van der Waals surface area contributed by atoms with Crippen LogP contribution in [0.1, 0.15) is 38.6 Å². The summed E-state index contributed by atoms with van der Waals surface area (Å²) >= 11 is 0. The summed E-state index contributed by atoms with van der Waals surface area (Å²) in [4.78, 5) is 35.4. The van der Waals surface area contributed by atoms with Gasteiger partial charge in [-0.3, -0.25) is 10.1 Å². The molecule has 9 nitrogen and oxygen atoms in total. The molecule has 3 aromatic heterocycles. The van der Waals surface area contributed by atoms with E-state index in [-0.39, 0.29) is 5.91 Å². The summed E-state index contributed by atoms with van der Waals surface area (Å²) in [5, 5.41) is 6.39. The van der Waals surface area contributed by atoms with Crippen molar-refractivity contribution in [1.82, 2.24) is 34.8 Å². The van der Waals surface area contributed by atoms with Gasteiger partial charge in [-0.1, -0.05) is 13.0 Å². The fourth-order valence-electron chi connectivity index (χ4n) is 4.31. The number of anilines is 1. The Morgan fingerprint density at radius 1 is 1.09 bits per heavy atom. The lowest BCUT2D eigenvalue weighted by Crippen LogP contribution is -2.45. The van der Waals surface area contributed by atoms with Crippen LogP contribution in [0.5, 0.6) is 0 Å². The number of carbonyl (C=O) groups excluding carboxylic acids is 1. The van der Waals surface area contributed by atoms with Crippen LogP contribution in [0.2, 0.25) is 0 Å². The van der Waals surface area contributed by atoms with Gasteiger partial charge >= 0.3 is 0 Å². The number of carbonyl (C=O) groups is 1. The van der Waals surface area contributed by atoms with Gasteiger partial charge in [0.25, 0.3) is 0 Å². The maximum Gasteiger partial charge on any atom is 0.249 e. The molecule has 4 aromatic rings. The summed E-state index contributed by atoms with van der Waals surface area (Å²) in [6.07, 6.45) is 6.05. The second-order valence-corrected chi connectivity index (χ2v) is 8.36. The Balaban J connectivity index is 1.66. The predicted molar refractivity (Wildman–Crippen MR) is 126 cm³/mol. The summed E-state index contributed by atoms with van der Waals surface area (Å²) in [5.74, 6) is 1.41. The average Bonchev–Trinajstić information content (AvgIpc) is 3.33. The van der Waals surface area contributed by atoms with Crippen LogP contribution in [-0.2, 0) is 16.9 Å². The highest BCUT2D eigenvalue weighted by molar-refractivity contribution is 6.06. The molecule has 0 saturated carbocycles. The summed E-state index contributed by atoms with van der Waals surface area (Å²) in [7, 11) is 0. The summed E-state index contributed by atoms with van der Waals surface area (Å²) in [6.45, 7) is 9.35. The highest BCUT2D eigenvalue weighted by Crippen LogP contribution is 2.39. The number of amides is 1. The van der Waals surface area contributed by atoms with Crippen molar-refractivity contribution in [3.05, 3.63) is 48.3 Å². The van der Waals surface area contributed by atoms with Gasteiger partial charge in [-0.25, -0.2) is 24.9 Å². The van der Waals surface area contributed by atoms with Crippen molar-refractivity contribution in [3.8, 4) is 22.6 Å². The zero-order valence-electron chi connectivity index (χ0n) is 19.2. The van der Waals surface area contributed by atoms with Crippen LogP contribution in [0.4, 0.5) is 5.69 Å². The number of hydrogen-bond acceptors (Lipinski definition) is 7. The number of imidazole rings is 1. The SMILES string of the molecule is CCCNC1(C)C(=O)Nc2ccc(-c3ncnc4c3nc(-c3cnc(C)nc3)n4CC)cc21. The Morgan fingerprint density at radius 2 is 1.88 bits per heavy atom. The molecule has 0 bridgehead atoms. The molecule has 168 valence electrons. The lowest BCUT2D eigenvalue weighted by atomic mass is 9.91. The smallest absolute Gasteiger partial charge is 0.249 e. The van der Waals surface area contributed by atoms with Gasteiger partial charge in [-0.2, -0.15) is 0 Å². The third kappa shape index (κ3) is 3.36. The number of nitrogens with one attached hydrogen (secondary N) is 2. The summed E-state index contributed by atoms with van der Waals surface area (Å²) < 4.78 is 2.04. The zero-order chi connectivity index (χ0) is 23.2. The maximum atomic E-state index is 12.8. The van der Waals surface area contributed by atoms with Crippen LogP contribution >= 0.6 is 0 Å². The predicted octanol–water partition coefficient (Wildman–Crippen LogP) is 3.45. The first-order valence-electron chi connectivity index (χ1n) is 11.2. The second kappa shape index (κ2) is 8.00. The topological polar surface area (TPSA) is 111 Å². The molecule has 0 aliphatic carbocycles. The van der Waals surface area contributed by atoms with Gasteiger partial charge in [-0.15, -0.1) is 0 Å². The first kappa shape index (κ1) is 21.1. The highest BCUT2D eigenvalue weighted by atomic mass is 16.2. The van der Waals surface area contributed by atoms with Crippen LogP contribution in [0, 0.1) is 6.92 Å². The van der Waals surface area contributed by atoms with Crippen LogP contribution in [0.3, 0.4) is 0 Å². The quantitative estimate of drug-likeness (QED) is 0.470. The van der Waals surface area contributed by atoms with Crippen molar-refractivity contribution in [2.45, 2.75) is 46.2 Å². The lowest BCUT2D eigenvalue weighted by molar-refractivity contribution is -0.121. The Bertz CT molecular complexity index is 1360. The van der Waals surface area contributed by atoms with Crippen molar-refractivity contribution < 1.29 is 4.79 Å². The third-order valence-corrected chi connectivity index (χ3v) is 6.15. The lowest BCUT2D eigenvalue weighted by Gasteiger charge is -2.24. The zero-order valence-corrected chi connectivity index (χ0v) is 19.2. The largest absolute Gasteiger partial charge is 0.324 e. The molecule has 0 fully saturated rings. The van der Waals surface area contributed by atoms with Gasteiger partial charge < -0.3 is 9.88 Å². The third-order valence-electron chi connectivity index (χ3n) is 6.15. The summed E-state index contributed by atoms with van der Waals surface area (Å²) in [5.41, 5.74) is 4.82. The van der Waals surface area contributed by atoms with E-state index >= 15 is 0 Å². The number of benzene rings is 1. The van der Waals surface area contributed by atoms with Crippen molar-refractivity contribution in [2.75, 3.05) is 11.9 Å². The molecular weight excluding hydrogens is 416 g/mol. The molecule has 1 unspecified atom stereocenters. The standard InChI is InChI=1S/C24H26N8O/c1-5-9-29-24(4)17-10-15(7-8-18(17)30-23(24)33)19-20-22(28-13-27-19)32(6-2)21(31-20)16-11-25-14(3)26-12-16/h7-8,10-13,29H,5-6,9H2,1-4H3,(H,30,33). The van der Waals surface area contributed by atoms with E-state index < -0.39 is 5.54 Å². The van der Waals surface area contributed by atoms with Gasteiger partial charge in [0.05, 0.1) is 5.56 Å². The number of rotatable bonds is 6. The van der Waals surface area contributed by atoms with Crippen LogP contribution < -0.4 is 10.6 Å². The molecule has 2 N–H and O–H groups in total. The Hall–Kier alpha value is -3.72. The molecule has 1 aromatic carbocycles. The van der Waals surface area contributed by atoms with E-state index in [2.05, 4.69) is 44.4 Å². The van der Waals surface area contributed by atoms with Crippen molar-refractivity contribution in [3.63, 3.8) is 0 Å². The molecule has 1 aliphatic rings. The number of aromatic nitrogens is 6. The number of aryl methyl sites for hydroxylation is 2. The van der Waals surface area contributed by atoms with E-state index in [1.54, 1.807) is 18.7 Å². The van der Waals surface area contributed by atoms with Crippen LogP contribution in [0.15, 0.2) is 36.9 Å². The Morgan fingerprint density at radius 3 is 2.61 bits per heavy atom. The van der Waals surface area contributed by atoms with E-state index in [4.69, 9.17) is 4.98 Å². The minimum atomic E-state index is -0.791. The highest BCUT2D eigenvalue weighted by Gasteiger charge is 2.42. The van der Waals surface area contributed by atoms with Gasteiger partial charge in [0, 0.05) is 35.8 Å². The normalized spacial score (nSPS) is 17.4. The maximum absolute atomic E-state index is 12.8. The molecule has 1 aliphatic heterocycles. The van der Waals surface area contributed by atoms with Crippen molar-refractivity contribution >= 4 is 22.8 Å². The van der Waals surface area contributed by atoms with E-state index in [9.17, 15) is 4.79 Å². The minimum Gasteiger partial charge on any atom is -0.324 e. The molecule has 0 spiro atoms. The molecule has 0 saturated heterocycles. The summed E-state index contributed by atoms with van der Waals surface area (Å²) in [6, 6.07) is 5.92. The number of nitrogens with zero attached hydrogens (tertiary/aromatic N) is 6. The average molecular weight is 443 g/mol. The monoisotopic (exact) mass is 442 g/mol. The van der Waals surface area contributed by atoms with Gasteiger partial charge in [0.15, 0.2) is 5.65 Å². The van der Waals surface area contributed by atoms with Crippen molar-refractivity contribution in [1.29, 1.82) is 0 Å². The van der Waals surface area contributed by atoms with Gasteiger partial charge in [-0.05, 0) is 45.9 Å². The first-order valence-corrected chi connectivity index (χ1v) is 11.2. The van der Waals surface area contributed by atoms with Crippen LogP contribution in [0.25, 0.3) is 33.8 Å². The van der Waals surface area contributed by atoms with E-state index in [0.29, 0.717) is 17.9 Å². The first-order chi connectivity index (χ1) is 16.0. The molecule has 0 radical (unpaired) electrons.